The highest BCUT2D eigenvalue weighted by Gasteiger charge is 2.29. The van der Waals surface area contributed by atoms with Gasteiger partial charge in [-0.05, 0) is 37.5 Å². The maximum Gasteiger partial charge on any atom is 0.243 e. The number of nitrogens with one attached hydrogen (secondary N) is 2. The SMILES string of the molecule is CN(CC(=O)Nc1ccc(Cl)c(Cl)c1)C(=O)CCCNC(=O)C1CC1. The molecule has 25 heavy (non-hydrogen) atoms. The van der Waals surface area contributed by atoms with E-state index in [4.69, 9.17) is 23.2 Å². The van der Waals surface area contributed by atoms with Crippen molar-refractivity contribution in [3.63, 3.8) is 0 Å². The molecule has 2 N–H and O–H groups in total. The number of nitrogens with zero attached hydrogens (tertiary/aromatic N) is 1. The Bertz CT molecular complexity index is 663. The van der Waals surface area contributed by atoms with E-state index < -0.39 is 0 Å². The van der Waals surface area contributed by atoms with Gasteiger partial charge in [-0.15, -0.1) is 0 Å². The number of carbonyl (C=O) groups excluding carboxylic acids is 3. The zero-order valence-corrected chi connectivity index (χ0v) is 15.5. The van der Waals surface area contributed by atoms with E-state index in [1.807, 2.05) is 0 Å². The maximum atomic E-state index is 12.0. The normalized spacial score (nSPS) is 13.2. The van der Waals surface area contributed by atoms with E-state index in [1.54, 1.807) is 25.2 Å². The van der Waals surface area contributed by atoms with Crippen molar-refractivity contribution in [2.24, 2.45) is 5.92 Å². The molecule has 1 aliphatic carbocycles. The minimum Gasteiger partial charge on any atom is -0.356 e. The Kier molecular flexibility index (Phi) is 7.08. The average Bonchev–Trinajstić information content (AvgIpc) is 3.39. The largest absolute Gasteiger partial charge is 0.356 e. The summed E-state index contributed by atoms with van der Waals surface area (Å²) in [5.41, 5.74) is 0.517. The molecular formula is C17H21Cl2N3O3. The van der Waals surface area contributed by atoms with E-state index in [9.17, 15) is 14.4 Å². The molecule has 0 radical (unpaired) electrons. The van der Waals surface area contributed by atoms with Gasteiger partial charge in [-0.25, -0.2) is 0 Å². The van der Waals surface area contributed by atoms with E-state index in [1.165, 1.54) is 4.90 Å². The molecule has 1 aromatic rings. The molecule has 0 aromatic heterocycles. The molecule has 136 valence electrons. The van der Waals surface area contributed by atoms with Gasteiger partial charge in [0, 0.05) is 31.6 Å². The first kappa shape index (κ1) is 19.5. The number of hydrogen-bond donors (Lipinski definition) is 2. The van der Waals surface area contributed by atoms with Gasteiger partial charge in [-0.1, -0.05) is 23.2 Å². The fourth-order valence-electron chi connectivity index (χ4n) is 2.21. The first-order chi connectivity index (χ1) is 11.9. The molecular weight excluding hydrogens is 365 g/mol. The first-order valence-corrected chi connectivity index (χ1v) is 8.89. The quantitative estimate of drug-likeness (QED) is 0.675. The lowest BCUT2D eigenvalue weighted by atomic mass is 10.2. The highest BCUT2D eigenvalue weighted by atomic mass is 35.5. The van der Waals surface area contributed by atoms with Gasteiger partial charge >= 0.3 is 0 Å². The fraction of sp³-hybridized carbons (Fsp3) is 0.471. The number of benzene rings is 1. The molecule has 3 amide bonds. The summed E-state index contributed by atoms with van der Waals surface area (Å²) >= 11 is 11.7. The van der Waals surface area contributed by atoms with Crippen molar-refractivity contribution in [2.45, 2.75) is 25.7 Å². The first-order valence-electron chi connectivity index (χ1n) is 8.13. The van der Waals surface area contributed by atoms with Crippen molar-refractivity contribution in [2.75, 3.05) is 25.5 Å². The van der Waals surface area contributed by atoms with E-state index in [2.05, 4.69) is 10.6 Å². The van der Waals surface area contributed by atoms with Crippen LogP contribution in [0.5, 0.6) is 0 Å². The lowest BCUT2D eigenvalue weighted by Gasteiger charge is -2.17. The molecule has 0 spiro atoms. The number of rotatable bonds is 8. The van der Waals surface area contributed by atoms with Crippen molar-refractivity contribution in [1.82, 2.24) is 10.2 Å². The van der Waals surface area contributed by atoms with Crippen LogP contribution >= 0.6 is 23.2 Å². The van der Waals surface area contributed by atoms with Gasteiger partial charge in [0.2, 0.25) is 17.7 Å². The predicted molar refractivity (Wildman–Crippen MR) is 97.7 cm³/mol. The Morgan fingerprint density at radius 3 is 2.56 bits per heavy atom. The summed E-state index contributed by atoms with van der Waals surface area (Å²) in [5, 5.41) is 6.22. The second kappa shape index (κ2) is 9.06. The Hall–Kier alpha value is -1.79. The van der Waals surface area contributed by atoms with Crippen LogP contribution in [0.3, 0.4) is 0 Å². The summed E-state index contributed by atoms with van der Waals surface area (Å²) < 4.78 is 0. The summed E-state index contributed by atoms with van der Waals surface area (Å²) in [6.45, 7) is 0.415. The van der Waals surface area contributed by atoms with Gasteiger partial charge in [-0.3, -0.25) is 14.4 Å². The summed E-state index contributed by atoms with van der Waals surface area (Å²) in [6.07, 6.45) is 2.75. The van der Waals surface area contributed by atoms with Crippen LogP contribution in [0.1, 0.15) is 25.7 Å². The number of amides is 3. The van der Waals surface area contributed by atoms with Crippen molar-refractivity contribution in [1.29, 1.82) is 0 Å². The van der Waals surface area contributed by atoms with Crippen molar-refractivity contribution in [3.8, 4) is 0 Å². The number of hydrogen-bond acceptors (Lipinski definition) is 3. The standard InChI is InChI=1S/C17H21Cl2N3O3/c1-22(16(24)3-2-8-20-17(25)11-4-5-11)10-15(23)21-12-6-7-13(18)14(19)9-12/h6-7,9,11H,2-5,8,10H2,1H3,(H,20,25)(H,21,23). The molecule has 0 bridgehead atoms. The van der Waals surface area contributed by atoms with Crippen molar-refractivity contribution < 1.29 is 14.4 Å². The minimum absolute atomic E-state index is 0.0620. The Morgan fingerprint density at radius 1 is 1.20 bits per heavy atom. The van der Waals surface area contributed by atoms with Crippen LogP contribution in [0.2, 0.25) is 10.0 Å². The third-order valence-corrected chi connectivity index (χ3v) is 4.56. The molecule has 1 aliphatic rings. The lowest BCUT2D eigenvalue weighted by Crippen LogP contribution is -2.35. The topological polar surface area (TPSA) is 78.5 Å². The third-order valence-electron chi connectivity index (χ3n) is 3.82. The van der Waals surface area contributed by atoms with E-state index in [0.29, 0.717) is 28.7 Å². The van der Waals surface area contributed by atoms with Crippen LogP contribution in [0.25, 0.3) is 0 Å². The zero-order valence-electron chi connectivity index (χ0n) is 14.0. The fourth-order valence-corrected chi connectivity index (χ4v) is 2.51. The molecule has 0 aliphatic heterocycles. The van der Waals surface area contributed by atoms with Crippen molar-refractivity contribution >= 4 is 46.6 Å². The molecule has 1 saturated carbocycles. The summed E-state index contributed by atoms with van der Waals surface area (Å²) in [4.78, 5) is 36.8. The molecule has 0 saturated heterocycles. The highest BCUT2D eigenvalue weighted by Crippen LogP contribution is 2.28. The molecule has 1 fully saturated rings. The predicted octanol–water partition coefficient (Wildman–Crippen LogP) is 2.70. The van der Waals surface area contributed by atoms with Crippen LogP contribution < -0.4 is 10.6 Å². The Labute approximate surface area is 156 Å². The molecule has 0 atom stereocenters. The van der Waals surface area contributed by atoms with Crippen LogP contribution in [-0.4, -0.2) is 42.8 Å². The van der Waals surface area contributed by atoms with Crippen LogP contribution in [0.15, 0.2) is 18.2 Å². The second-order valence-corrected chi connectivity index (χ2v) is 6.91. The van der Waals surface area contributed by atoms with E-state index >= 15 is 0 Å². The van der Waals surface area contributed by atoms with E-state index in [0.717, 1.165) is 12.8 Å². The van der Waals surface area contributed by atoms with Crippen LogP contribution in [0, 0.1) is 5.92 Å². The zero-order chi connectivity index (χ0) is 18.4. The minimum atomic E-state index is -0.323. The molecule has 0 heterocycles. The second-order valence-electron chi connectivity index (χ2n) is 6.10. The molecule has 1 aromatic carbocycles. The van der Waals surface area contributed by atoms with Crippen LogP contribution in [0.4, 0.5) is 5.69 Å². The monoisotopic (exact) mass is 385 g/mol. The number of anilines is 1. The molecule has 0 unspecified atom stereocenters. The molecule has 6 nitrogen and oxygen atoms in total. The van der Waals surface area contributed by atoms with Gasteiger partial charge in [0.05, 0.1) is 16.6 Å². The van der Waals surface area contributed by atoms with Gasteiger partial charge < -0.3 is 15.5 Å². The Morgan fingerprint density at radius 2 is 1.92 bits per heavy atom. The number of carbonyl (C=O) groups is 3. The Balaban J connectivity index is 1.67. The van der Waals surface area contributed by atoms with Crippen molar-refractivity contribution in [3.05, 3.63) is 28.2 Å². The molecule has 2 rings (SSSR count). The average molecular weight is 386 g/mol. The van der Waals surface area contributed by atoms with Gasteiger partial charge in [-0.2, -0.15) is 0 Å². The van der Waals surface area contributed by atoms with E-state index in [-0.39, 0.29) is 36.6 Å². The third kappa shape index (κ3) is 6.55. The number of likely N-dealkylation sites (N-methyl/N-ethyl adjacent to an activating group) is 1. The summed E-state index contributed by atoms with van der Waals surface area (Å²) in [6, 6.07) is 4.77. The molecule has 8 heteroatoms. The van der Waals surface area contributed by atoms with Gasteiger partial charge in [0.15, 0.2) is 0 Å². The van der Waals surface area contributed by atoms with Gasteiger partial charge in [0.25, 0.3) is 0 Å². The van der Waals surface area contributed by atoms with Crippen LogP contribution in [-0.2, 0) is 14.4 Å². The summed E-state index contributed by atoms with van der Waals surface area (Å²) in [7, 11) is 1.57. The lowest BCUT2D eigenvalue weighted by molar-refractivity contribution is -0.133. The summed E-state index contributed by atoms with van der Waals surface area (Å²) in [5.74, 6) is -0.230. The van der Waals surface area contributed by atoms with Gasteiger partial charge in [0.1, 0.15) is 0 Å². The maximum absolute atomic E-state index is 12.0. The smallest absolute Gasteiger partial charge is 0.243 e. The highest BCUT2D eigenvalue weighted by molar-refractivity contribution is 6.42. The number of halogens is 2.